The summed E-state index contributed by atoms with van der Waals surface area (Å²) in [5.41, 5.74) is 5.26. The highest BCUT2D eigenvalue weighted by atomic mass is 15.1. The van der Waals surface area contributed by atoms with Gasteiger partial charge in [0.05, 0.1) is 0 Å². The van der Waals surface area contributed by atoms with Crippen LogP contribution in [0.2, 0.25) is 0 Å². The summed E-state index contributed by atoms with van der Waals surface area (Å²) in [5.74, 6) is 0. The van der Waals surface area contributed by atoms with E-state index in [0.717, 1.165) is 19.6 Å². The molecule has 2 aromatic rings. The Morgan fingerprint density at radius 3 is 2.45 bits per heavy atom. The number of aryl methyl sites for hydroxylation is 1. The first-order valence-corrected chi connectivity index (χ1v) is 7.12. The number of pyridine rings is 1. The van der Waals surface area contributed by atoms with Crippen molar-refractivity contribution in [1.29, 1.82) is 0 Å². The molecule has 20 heavy (non-hydrogen) atoms. The normalized spacial score (nSPS) is 10.6. The predicted molar refractivity (Wildman–Crippen MR) is 84.9 cm³/mol. The van der Waals surface area contributed by atoms with Crippen molar-refractivity contribution in [3.63, 3.8) is 0 Å². The Morgan fingerprint density at radius 1 is 1.10 bits per heavy atom. The monoisotopic (exact) mass is 269 g/mol. The molecule has 0 amide bonds. The number of nitrogens with zero attached hydrogens (tertiary/aromatic N) is 2. The molecule has 0 radical (unpaired) electrons. The molecule has 0 aliphatic rings. The van der Waals surface area contributed by atoms with Crippen LogP contribution in [0, 0.1) is 6.92 Å². The van der Waals surface area contributed by atoms with Crippen LogP contribution in [0.1, 0.15) is 23.6 Å². The second-order valence-electron chi connectivity index (χ2n) is 5.02. The third kappa shape index (κ3) is 3.58. The summed E-state index contributed by atoms with van der Waals surface area (Å²) >= 11 is 0. The molecular weight excluding hydrogens is 246 g/mol. The molecule has 3 heteroatoms. The zero-order valence-corrected chi connectivity index (χ0v) is 12.6. The highest BCUT2D eigenvalue weighted by Crippen LogP contribution is 2.23. The molecule has 1 aromatic carbocycles. The van der Waals surface area contributed by atoms with E-state index < -0.39 is 0 Å². The van der Waals surface area contributed by atoms with Crippen molar-refractivity contribution in [2.24, 2.45) is 0 Å². The lowest BCUT2D eigenvalue weighted by molar-refractivity contribution is 0.808. The van der Waals surface area contributed by atoms with E-state index in [2.05, 4.69) is 59.4 Å². The summed E-state index contributed by atoms with van der Waals surface area (Å²) < 4.78 is 0. The third-order valence-corrected chi connectivity index (χ3v) is 3.49. The smallest absolute Gasteiger partial charge is 0.0430 e. The molecule has 0 fully saturated rings. The molecule has 0 spiro atoms. The number of hydrogen-bond acceptors (Lipinski definition) is 3. The van der Waals surface area contributed by atoms with Crippen LogP contribution in [0.25, 0.3) is 0 Å². The molecule has 3 nitrogen and oxygen atoms in total. The second-order valence-corrected chi connectivity index (χ2v) is 5.02. The van der Waals surface area contributed by atoms with Gasteiger partial charge in [0.2, 0.25) is 0 Å². The summed E-state index contributed by atoms with van der Waals surface area (Å²) in [6.07, 6.45) is 3.71. The van der Waals surface area contributed by atoms with E-state index in [1.54, 1.807) is 0 Å². The fraction of sp³-hybridized carbons (Fsp3) is 0.353. The van der Waals surface area contributed by atoms with E-state index in [9.17, 15) is 0 Å². The Bertz CT molecular complexity index is 537. The zero-order valence-electron chi connectivity index (χ0n) is 12.6. The molecule has 0 atom stereocenters. The van der Waals surface area contributed by atoms with Crippen LogP contribution < -0.4 is 10.2 Å². The van der Waals surface area contributed by atoms with Gasteiger partial charge in [-0.1, -0.05) is 12.1 Å². The third-order valence-electron chi connectivity index (χ3n) is 3.49. The summed E-state index contributed by atoms with van der Waals surface area (Å²) in [6.45, 7) is 7.21. The van der Waals surface area contributed by atoms with Crippen molar-refractivity contribution in [2.45, 2.75) is 26.9 Å². The summed E-state index contributed by atoms with van der Waals surface area (Å²) in [4.78, 5) is 6.47. The molecule has 1 heterocycles. The van der Waals surface area contributed by atoms with Gasteiger partial charge in [0.1, 0.15) is 0 Å². The fourth-order valence-corrected chi connectivity index (χ4v) is 2.46. The van der Waals surface area contributed by atoms with Crippen LogP contribution in [0.15, 0.2) is 42.7 Å². The average Bonchev–Trinajstić information content (AvgIpc) is 2.47. The molecule has 0 aliphatic heterocycles. The largest absolute Gasteiger partial charge is 0.367 e. The van der Waals surface area contributed by atoms with E-state index in [1.165, 1.54) is 22.4 Å². The topological polar surface area (TPSA) is 28.2 Å². The standard InChI is InChI=1S/C17H23N3/c1-4-20(13-15-7-9-19-10-8-15)17-6-5-16(12-18-3)11-14(17)2/h5-11,18H,4,12-13H2,1-3H3. The average molecular weight is 269 g/mol. The SMILES string of the molecule is CCN(Cc1ccncc1)c1ccc(CNC)cc1C. The van der Waals surface area contributed by atoms with E-state index in [-0.39, 0.29) is 0 Å². The first-order valence-electron chi connectivity index (χ1n) is 7.12. The van der Waals surface area contributed by atoms with Gasteiger partial charge in [-0.3, -0.25) is 4.98 Å². The Hall–Kier alpha value is -1.87. The second kappa shape index (κ2) is 7.06. The van der Waals surface area contributed by atoms with Crippen molar-refractivity contribution in [3.8, 4) is 0 Å². The number of anilines is 1. The number of hydrogen-bond donors (Lipinski definition) is 1. The van der Waals surface area contributed by atoms with Crippen molar-refractivity contribution >= 4 is 5.69 Å². The molecule has 1 N–H and O–H groups in total. The molecule has 0 bridgehead atoms. The van der Waals surface area contributed by atoms with Gasteiger partial charge in [-0.15, -0.1) is 0 Å². The van der Waals surface area contributed by atoms with Crippen molar-refractivity contribution in [3.05, 3.63) is 59.4 Å². The zero-order chi connectivity index (χ0) is 14.4. The van der Waals surface area contributed by atoms with Crippen LogP contribution in [-0.4, -0.2) is 18.6 Å². The molecule has 2 rings (SSSR count). The number of aromatic nitrogens is 1. The van der Waals surface area contributed by atoms with Gasteiger partial charge in [0, 0.05) is 37.7 Å². The first kappa shape index (κ1) is 14.5. The molecule has 1 aromatic heterocycles. The summed E-state index contributed by atoms with van der Waals surface area (Å²) in [7, 11) is 1.98. The maximum absolute atomic E-state index is 4.08. The van der Waals surface area contributed by atoms with E-state index in [1.807, 2.05) is 19.4 Å². The highest BCUT2D eigenvalue weighted by molar-refractivity contribution is 5.54. The van der Waals surface area contributed by atoms with Gasteiger partial charge in [-0.05, 0) is 55.8 Å². The quantitative estimate of drug-likeness (QED) is 0.873. The van der Waals surface area contributed by atoms with Crippen LogP contribution in [0.3, 0.4) is 0 Å². The van der Waals surface area contributed by atoms with Crippen LogP contribution in [0.4, 0.5) is 5.69 Å². The van der Waals surface area contributed by atoms with Gasteiger partial charge < -0.3 is 10.2 Å². The van der Waals surface area contributed by atoms with E-state index in [0.29, 0.717) is 0 Å². The lowest BCUT2D eigenvalue weighted by Gasteiger charge is -2.25. The lowest BCUT2D eigenvalue weighted by Crippen LogP contribution is -2.23. The maximum Gasteiger partial charge on any atom is 0.0430 e. The minimum absolute atomic E-state index is 0.914. The minimum Gasteiger partial charge on any atom is -0.367 e. The Labute approximate surface area is 121 Å². The number of nitrogens with one attached hydrogen (secondary N) is 1. The summed E-state index contributed by atoms with van der Waals surface area (Å²) in [6, 6.07) is 10.8. The van der Waals surface area contributed by atoms with Crippen molar-refractivity contribution in [1.82, 2.24) is 10.3 Å². The van der Waals surface area contributed by atoms with E-state index in [4.69, 9.17) is 0 Å². The predicted octanol–water partition coefficient (Wildman–Crippen LogP) is 3.14. The van der Waals surface area contributed by atoms with Gasteiger partial charge in [0.25, 0.3) is 0 Å². The molecule has 0 aliphatic carbocycles. The van der Waals surface area contributed by atoms with Crippen molar-refractivity contribution < 1.29 is 0 Å². The fourth-order valence-electron chi connectivity index (χ4n) is 2.46. The molecule has 0 unspecified atom stereocenters. The summed E-state index contributed by atoms with van der Waals surface area (Å²) in [5, 5.41) is 3.19. The number of benzene rings is 1. The van der Waals surface area contributed by atoms with E-state index >= 15 is 0 Å². The van der Waals surface area contributed by atoms with Gasteiger partial charge in [-0.25, -0.2) is 0 Å². The number of rotatable bonds is 6. The van der Waals surface area contributed by atoms with Gasteiger partial charge >= 0.3 is 0 Å². The Kier molecular flexibility index (Phi) is 5.13. The van der Waals surface area contributed by atoms with Crippen LogP contribution in [0.5, 0.6) is 0 Å². The highest BCUT2D eigenvalue weighted by Gasteiger charge is 2.08. The maximum atomic E-state index is 4.08. The van der Waals surface area contributed by atoms with Crippen LogP contribution in [-0.2, 0) is 13.1 Å². The Morgan fingerprint density at radius 2 is 1.85 bits per heavy atom. The van der Waals surface area contributed by atoms with Crippen LogP contribution >= 0.6 is 0 Å². The molecule has 0 saturated heterocycles. The lowest BCUT2D eigenvalue weighted by atomic mass is 10.1. The molecular formula is C17H23N3. The minimum atomic E-state index is 0.914. The Balaban J connectivity index is 2.19. The molecule has 0 saturated carbocycles. The van der Waals surface area contributed by atoms with Gasteiger partial charge in [-0.2, -0.15) is 0 Å². The van der Waals surface area contributed by atoms with Gasteiger partial charge in [0.15, 0.2) is 0 Å². The molecule has 106 valence electrons. The van der Waals surface area contributed by atoms with Crippen molar-refractivity contribution in [2.75, 3.05) is 18.5 Å². The first-order chi connectivity index (χ1) is 9.74.